The molecule has 0 rings (SSSR count). The number of rotatable bonds is 39. The van der Waals surface area contributed by atoms with Crippen molar-refractivity contribution in [3.8, 4) is 0 Å². The fraction of sp³-hybridized carbons (Fsp3) is 0.932. The fourth-order valence-corrected chi connectivity index (χ4v) is 6.45. The van der Waals surface area contributed by atoms with E-state index in [9.17, 15) is 14.4 Å². The van der Waals surface area contributed by atoms with Gasteiger partial charge in [0.2, 0.25) is 0 Å². The Hall–Kier alpha value is -1.59. The summed E-state index contributed by atoms with van der Waals surface area (Å²) in [4.78, 5) is 37.3. The molecule has 0 N–H and O–H groups in total. The molecule has 0 bridgehead atoms. The highest BCUT2D eigenvalue weighted by molar-refractivity contribution is 5.71. The van der Waals surface area contributed by atoms with Gasteiger partial charge in [0.1, 0.15) is 13.2 Å². The van der Waals surface area contributed by atoms with Crippen LogP contribution in [0.2, 0.25) is 0 Å². The highest BCUT2D eigenvalue weighted by atomic mass is 16.6. The Labute approximate surface area is 310 Å². The smallest absolute Gasteiger partial charge is 0.306 e. The Balaban J connectivity index is 4.14. The van der Waals surface area contributed by atoms with Crippen LogP contribution < -0.4 is 0 Å². The lowest BCUT2D eigenvalue weighted by molar-refractivity contribution is -0.167. The molecule has 0 saturated carbocycles. The Kier molecular flexibility index (Phi) is 37.4. The van der Waals surface area contributed by atoms with Crippen molar-refractivity contribution >= 4 is 17.9 Å². The minimum atomic E-state index is -0.757. The second-order valence-corrected chi connectivity index (χ2v) is 15.5. The van der Waals surface area contributed by atoms with Gasteiger partial charge in [0.05, 0.1) is 0 Å². The summed E-state index contributed by atoms with van der Waals surface area (Å²) < 4.78 is 16.6. The topological polar surface area (TPSA) is 78.9 Å². The van der Waals surface area contributed by atoms with Crippen LogP contribution in [0.15, 0.2) is 0 Å². The molecule has 6 heteroatoms. The minimum absolute atomic E-state index is 0.0658. The summed E-state index contributed by atoms with van der Waals surface area (Å²) in [6.45, 7) is 8.86. The number of carbonyl (C=O) groups is 3. The molecule has 0 amide bonds. The molecule has 0 radical (unpaired) electrons. The summed E-state index contributed by atoms with van der Waals surface area (Å²) in [7, 11) is 0. The molecular formula is C44H84O6. The highest BCUT2D eigenvalue weighted by Gasteiger charge is 2.19. The molecule has 296 valence electrons. The number of esters is 3. The number of carbonyl (C=O) groups excluding carboxylic acids is 3. The van der Waals surface area contributed by atoms with E-state index in [1.807, 2.05) is 0 Å². The summed E-state index contributed by atoms with van der Waals surface area (Å²) in [6.07, 6.45) is 37.0. The first kappa shape index (κ1) is 48.4. The number of unbranched alkanes of at least 4 members (excludes halogenated alkanes) is 26. The Morgan fingerprint density at radius 3 is 0.980 bits per heavy atom. The Bertz CT molecular complexity index is 751. The average Bonchev–Trinajstić information content (AvgIpc) is 3.09. The lowest BCUT2D eigenvalue weighted by atomic mass is 10.0. The minimum Gasteiger partial charge on any atom is -0.462 e. The molecule has 6 nitrogen and oxygen atoms in total. The second kappa shape index (κ2) is 38.6. The van der Waals surface area contributed by atoms with Crippen LogP contribution in [-0.2, 0) is 28.6 Å². The lowest BCUT2D eigenvalue weighted by Crippen LogP contribution is -2.30. The van der Waals surface area contributed by atoms with E-state index < -0.39 is 6.10 Å². The summed E-state index contributed by atoms with van der Waals surface area (Å²) in [5.41, 5.74) is 0. The lowest BCUT2D eigenvalue weighted by Gasteiger charge is -2.18. The summed E-state index contributed by atoms with van der Waals surface area (Å²) in [5.74, 6) is -0.0962. The van der Waals surface area contributed by atoms with Crippen LogP contribution in [0.25, 0.3) is 0 Å². The van der Waals surface area contributed by atoms with Crippen molar-refractivity contribution in [2.45, 2.75) is 246 Å². The predicted molar refractivity (Wildman–Crippen MR) is 210 cm³/mol. The van der Waals surface area contributed by atoms with Crippen LogP contribution in [0.1, 0.15) is 240 Å². The van der Waals surface area contributed by atoms with Gasteiger partial charge in [-0.05, 0) is 25.2 Å². The summed E-state index contributed by atoms with van der Waals surface area (Å²) >= 11 is 0. The maximum absolute atomic E-state index is 12.6. The molecule has 0 heterocycles. The molecule has 0 saturated heterocycles. The van der Waals surface area contributed by atoms with Crippen LogP contribution in [0.4, 0.5) is 0 Å². The first-order valence-electron chi connectivity index (χ1n) is 21.9. The van der Waals surface area contributed by atoms with Crippen molar-refractivity contribution < 1.29 is 28.6 Å². The second-order valence-electron chi connectivity index (χ2n) is 15.5. The first-order valence-corrected chi connectivity index (χ1v) is 21.9. The number of hydrogen-bond donors (Lipinski definition) is 0. The quantitative estimate of drug-likeness (QED) is 0.0359. The molecule has 50 heavy (non-hydrogen) atoms. The van der Waals surface area contributed by atoms with Crippen molar-refractivity contribution in [2.75, 3.05) is 13.2 Å². The molecule has 0 aliphatic heterocycles. The van der Waals surface area contributed by atoms with Gasteiger partial charge in [-0.25, -0.2) is 0 Å². The van der Waals surface area contributed by atoms with Gasteiger partial charge in [0, 0.05) is 19.3 Å². The molecule has 0 aromatic carbocycles. The highest BCUT2D eigenvalue weighted by Crippen LogP contribution is 2.16. The zero-order valence-corrected chi connectivity index (χ0v) is 33.9. The molecule has 0 fully saturated rings. The molecule has 0 aromatic heterocycles. The van der Waals surface area contributed by atoms with Crippen molar-refractivity contribution in [1.82, 2.24) is 0 Å². The molecule has 0 aromatic rings. The van der Waals surface area contributed by atoms with Crippen LogP contribution in [0.5, 0.6) is 0 Å². The van der Waals surface area contributed by atoms with Gasteiger partial charge in [0.25, 0.3) is 0 Å². The average molecular weight is 709 g/mol. The third kappa shape index (κ3) is 37.7. The summed E-state index contributed by atoms with van der Waals surface area (Å²) in [5, 5.41) is 0. The molecule has 0 aliphatic rings. The van der Waals surface area contributed by atoms with Crippen LogP contribution in [-0.4, -0.2) is 37.2 Å². The Morgan fingerprint density at radius 1 is 0.380 bits per heavy atom. The number of hydrogen-bond acceptors (Lipinski definition) is 6. The van der Waals surface area contributed by atoms with Crippen molar-refractivity contribution in [3.05, 3.63) is 0 Å². The van der Waals surface area contributed by atoms with Gasteiger partial charge in [-0.1, -0.05) is 201 Å². The van der Waals surface area contributed by atoms with E-state index in [4.69, 9.17) is 14.2 Å². The molecule has 1 atom stereocenters. The van der Waals surface area contributed by atoms with Gasteiger partial charge in [-0.2, -0.15) is 0 Å². The van der Waals surface area contributed by atoms with Crippen molar-refractivity contribution in [2.24, 2.45) is 5.92 Å². The third-order valence-electron chi connectivity index (χ3n) is 9.79. The fourth-order valence-electron chi connectivity index (χ4n) is 6.45. The first-order chi connectivity index (χ1) is 24.4. The van der Waals surface area contributed by atoms with E-state index in [0.717, 1.165) is 70.1 Å². The van der Waals surface area contributed by atoms with Crippen molar-refractivity contribution in [1.29, 1.82) is 0 Å². The van der Waals surface area contributed by atoms with E-state index in [2.05, 4.69) is 27.7 Å². The van der Waals surface area contributed by atoms with E-state index >= 15 is 0 Å². The van der Waals surface area contributed by atoms with Gasteiger partial charge in [0.15, 0.2) is 6.10 Å². The molecule has 0 spiro atoms. The van der Waals surface area contributed by atoms with Crippen molar-refractivity contribution in [3.63, 3.8) is 0 Å². The zero-order valence-electron chi connectivity index (χ0n) is 33.9. The normalized spacial score (nSPS) is 11.9. The van der Waals surface area contributed by atoms with Crippen LogP contribution >= 0.6 is 0 Å². The van der Waals surface area contributed by atoms with Gasteiger partial charge in [-0.3, -0.25) is 14.4 Å². The maximum atomic E-state index is 12.6. The standard InChI is InChI=1S/C44H84O6/c1-5-7-9-11-12-13-14-15-16-17-18-19-20-21-24-28-32-36-43(46)49-39-41(38-48-42(45)35-31-26-10-8-6-2)50-44(47)37-33-29-25-22-23-27-30-34-40(3)4/h40-41H,5-39H2,1-4H3/t41-/m0/s1. The third-order valence-corrected chi connectivity index (χ3v) is 9.79. The van der Waals surface area contributed by atoms with E-state index in [1.165, 1.54) is 128 Å². The van der Waals surface area contributed by atoms with Gasteiger partial charge < -0.3 is 14.2 Å². The monoisotopic (exact) mass is 709 g/mol. The molecule has 0 unspecified atom stereocenters. The summed E-state index contributed by atoms with van der Waals surface area (Å²) in [6, 6.07) is 0. The van der Waals surface area contributed by atoms with E-state index in [0.29, 0.717) is 19.3 Å². The predicted octanol–water partition coefficient (Wildman–Crippen LogP) is 13.6. The van der Waals surface area contributed by atoms with Crippen LogP contribution in [0.3, 0.4) is 0 Å². The van der Waals surface area contributed by atoms with Gasteiger partial charge >= 0.3 is 17.9 Å². The number of ether oxygens (including phenoxy) is 3. The Morgan fingerprint density at radius 2 is 0.660 bits per heavy atom. The maximum Gasteiger partial charge on any atom is 0.306 e. The zero-order chi connectivity index (χ0) is 36.8. The molecular weight excluding hydrogens is 624 g/mol. The van der Waals surface area contributed by atoms with E-state index in [1.54, 1.807) is 0 Å². The SMILES string of the molecule is CCCCCCCCCCCCCCCCCCCC(=O)OC[C@H](COC(=O)CCCCCCC)OC(=O)CCCCCCCCCC(C)C. The molecule has 0 aliphatic carbocycles. The van der Waals surface area contributed by atoms with E-state index in [-0.39, 0.29) is 31.1 Å². The van der Waals surface area contributed by atoms with Crippen LogP contribution in [0, 0.1) is 5.92 Å². The largest absolute Gasteiger partial charge is 0.462 e. The van der Waals surface area contributed by atoms with Gasteiger partial charge in [-0.15, -0.1) is 0 Å².